The highest BCUT2D eigenvalue weighted by atomic mass is 16.2. The summed E-state index contributed by atoms with van der Waals surface area (Å²) in [5.74, 6) is 0.708. The summed E-state index contributed by atoms with van der Waals surface area (Å²) in [5.41, 5.74) is 5.71. The molecule has 0 aromatic carbocycles. The van der Waals surface area contributed by atoms with Crippen LogP contribution in [-0.4, -0.2) is 42.5 Å². The maximum atomic E-state index is 11.7. The maximum Gasteiger partial charge on any atom is 0.237 e. The van der Waals surface area contributed by atoms with Crippen molar-refractivity contribution in [2.75, 3.05) is 19.6 Å². The molecule has 3 fully saturated rings. The minimum Gasteiger partial charge on any atom is -0.350 e. The first-order valence-electron chi connectivity index (χ1n) is 5.99. The Morgan fingerprint density at radius 1 is 1.53 bits per heavy atom. The van der Waals surface area contributed by atoms with Crippen molar-refractivity contribution >= 4 is 5.91 Å². The average molecular weight is 211 g/mol. The van der Waals surface area contributed by atoms with E-state index in [1.165, 1.54) is 25.9 Å². The minimum absolute atomic E-state index is 0.0243. The van der Waals surface area contributed by atoms with Gasteiger partial charge in [-0.3, -0.25) is 4.79 Å². The van der Waals surface area contributed by atoms with Gasteiger partial charge in [0.15, 0.2) is 0 Å². The van der Waals surface area contributed by atoms with Gasteiger partial charge in [0.25, 0.3) is 0 Å². The van der Waals surface area contributed by atoms with Crippen LogP contribution in [0.1, 0.15) is 26.2 Å². The number of hydrogen-bond acceptors (Lipinski definition) is 3. The summed E-state index contributed by atoms with van der Waals surface area (Å²) < 4.78 is 0. The molecule has 0 radical (unpaired) electrons. The highest BCUT2D eigenvalue weighted by Crippen LogP contribution is 2.27. The highest BCUT2D eigenvalue weighted by molar-refractivity contribution is 5.81. The van der Waals surface area contributed by atoms with Crippen molar-refractivity contribution < 1.29 is 4.79 Å². The monoisotopic (exact) mass is 211 g/mol. The molecule has 0 spiro atoms. The van der Waals surface area contributed by atoms with Crippen LogP contribution in [-0.2, 0) is 4.79 Å². The Labute approximate surface area is 91.2 Å². The van der Waals surface area contributed by atoms with Crippen LogP contribution in [0.25, 0.3) is 0 Å². The number of hydrogen-bond donors (Lipinski definition) is 2. The summed E-state index contributed by atoms with van der Waals surface area (Å²) in [5, 5.41) is 3.10. The average Bonchev–Trinajstić information content (AvgIpc) is 2.29. The van der Waals surface area contributed by atoms with Crippen LogP contribution in [0.5, 0.6) is 0 Å². The smallest absolute Gasteiger partial charge is 0.237 e. The van der Waals surface area contributed by atoms with Crippen molar-refractivity contribution in [3.05, 3.63) is 0 Å². The number of carbonyl (C=O) groups excluding carboxylic acids is 1. The van der Waals surface area contributed by atoms with Gasteiger partial charge in [0.2, 0.25) is 5.91 Å². The van der Waals surface area contributed by atoms with E-state index in [-0.39, 0.29) is 11.9 Å². The largest absolute Gasteiger partial charge is 0.350 e. The molecule has 0 aliphatic carbocycles. The fourth-order valence-corrected chi connectivity index (χ4v) is 2.60. The zero-order valence-electron chi connectivity index (χ0n) is 9.41. The Bertz CT molecular complexity index is 236. The normalized spacial score (nSPS) is 36.3. The number of nitrogens with zero attached hydrogens (tertiary/aromatic N) is 1. The van der Waals surface area contributed by atoms with E-state index < -0.39 is 0 Å². The number of rotatable bonds is 3. The number of amides is 1. The van der Waals surface area contributed by atoms with Crippen molar-refractivity contribution in [1.82, 2.24) is 10.2 Å². The highest BCUT2D eigenvalue weighted by Gasteiger charge is 2.35. The molecule has 3 saturated heterocycles. The lowest BCUT2D eigenvalue weighted by Crippen LogP contribution is -2.59. The van der Waals surface area contributed by atoms with E-state index in [0.29, 0.717) is 18.4 Å². The summed E-state index contributed by atoms with van der Waals surface area (Å²) in [7, 11) is 0. The Balaban J connectivity index is 1.87. The first-order valence-corrected chi connectivity index (χ1v) is 5.99. The predicted octanol–water partition coefficient (Wildman–Crippen LogP) is -0.0659. The SMILES string of the molecule is CC[C@H](N)C(=O)NC1CN2CCC1CC2. The van der Waals surface area contributed by atoms with Crippen LogP contribution < -0.4 is 11.1 Å². The van der Waals surface area contributed by atoms with E-state index in [0.717, 1.165) is 6.54 Å². The first kappa shape index (κ1) is 10.9. The Morgan fingerprint density at radius 2 is 2.20 bits per heavy atom. The molecule has 2 atom stereocenters. The summed E-state index contributed by atoms with van der Waals surface area (Å²) in [6.07, 6.45) is 3.17. The van der Waals surface area contributed by atoms with Crippen LogP contribution in [0.15, 0.2) is 0 Å². The van der Waals surface area contributed by atoms with E-state index in [9.17, 15) is 4.79 Å². The Morgan fingerprint density at radius 3 is 2.67 bits per heavy atom. The minimum atomic E-state index is -0.333. The van der Waals surface area contributed by atoms with E-state index >= 15 is 0 Å². The van der Waals surface area contributed by atoms with Gasteiger partial charge in [0.1, 0.15) is 0 Å². The first-order chi connectivity index (χ1) is 7.20. The van der Waals surface area contributed by atoms with Gasteiger partial charge in [-0.15, -0.1) is 0 Å². The van der Waals surface area contributed by atoms with Crippen molar-refractivity contribution in [1.29, 1.82) is 0 Å². The summed E-state index contributed by atoms with van der Waals surface area (Å²) in [6.45, 7) is 5.38. The van der Waals surface area contributed by atoms with Gasteiger partial charge in [-0.1, -0.05) is 6.92 Å². The molecule has 86 valence electrons. The molecule has 0 aromatic heterocycles. The van der Waals surface area contributed by atoms with Crippen LogP contribution >= 0.6 is 0 Å². The van der Waals surface area contributed by atoms with Crippen LogP contribution in [0.2, 0.25) is 0 Å². The fraction of sp³-hybridized carbons (Fsp3) is 0.909. The molecule has 0 saturated carbocycles. The second kappa shape index (κ2) is 4.49. The molecule has 0 aromatic rings. The van der Waals surface area contributed by atoms with Crippen LogP contribution in [0, 0.1) is 5.92 Å². The summed E-state index contributed by atoms with van der Waals surface area (Å²) in [6, 6.07) is 0.0121. The fourth-order valence-electron chi connectivity index (χ4n) is 2.60. The quantitative estimate of drug-likeness (QED) is 0.687. The van der Waals surface area contributed by atoms with Gasteiger partial charge < -0.3 is 16.0 Å². The van der Waals surface area contributed by atoms with Gasteiger partial charge in [-0.2, -0.15) is 0 Å². The Kier molecular flexibility index (Phi) is 3.26. The molecular weight excluding hydrogens is 190 g/mol. The lowest BCUT2D eigenvalue weighted by molar-refractivity contribution is -0.124. The number of nitrogens with one attached hydrogen (secondary N) is 1. The molecule has 3 N–H and O–H groups in total. The topological polar surface area (TPSA) is 58.4 Å². The van der Waals surface area contributed by atoms with Gasteiger partial charge in [0.05, 0.1) is 6.04 Å². The number of nitrogens with two attached hydrogens (primary N) is 1. The third-order valence-electron chi connectivity index (χ3n) is 3.76. The van der Waals surface area contributed by atoms with Crippen molar-refractivity contribution in [3.8, 4) is 0 Å². The molecule has 3 heterocycles. The molecule has 1 amide bonds. The molecule has 4 nitrogen and oxygen atoms in total. The second-order valence-electron chi connectivity index (χ2n) is 4.77. The van der Waals surface area contributed by atoms with Gasteiger partial charge in [-0.05, 0) is 38.3 Å². The van der Waals surface area contributed by atoms with E-state index in [2.05, 4.69) is 10.2 Å². The van der Waals surface area contributed by atoms with Gasteiger partial charge in [0, 0.05) is 12.6 Å². The van der Waals surface area contributed by atoms with Crippen molar-refractivity contribution in [2.24, 2.45) is 11.7 Å². The van der Waals surface area contributed by atoms with E-state index in [1.807, 2.05) is 6.92 Å². The van der Waals surface area contributed by atoms with Crippen LogP contribution in [0.3, 0.4) is 0 Å². The molecule has 3 rings (SSSR count). The van der Waals surface area contributed by atoms with Crippen LogP contribution in [0.4, 0.5) is 0 Å². The zero-order chi connectivity index (χ0) is 10.8. The molecule has 4 heteroatoms. The Hall–Kier alpha value is -0.610. The van der Waals surface area contributed by atoms with Gasteiger partial charge in [-0.25, -0.2) is 0 Å². The third kappa shape index (κ3) is 2.32. The lowest BCUT2D eigenvalue weighted by Gasteiger charge is -2.45. The summed E-state index contributed by atoms with van der Waals surface area (Å²) >= 11 is 0. The maximum absolute atomic E-state index is 11.7. The van der Waals surface area contributed by atoms with E-state index in [1.54, 1.807) is 0 Å². The molecule has 1 unspecified atom stereocenters. The number of fused-ring (bicyclic) bond motifs is 3. The molecule has 15 heavy (non-hydrogen) atoms. The standard InChI is InChI=1S/C11H21N3O/c1-2-9(12)11(15)13-10-7-14-5-3-8(10)4-6-14/h8-10H,2-7,12H2,1H3,(H,13,15)/t9-,10?/m0/s1. The third-order valence-corrected chi connectivity index (χ3v) is 3.76. The summed E-state index contributed by atoms with van der Waals surface area (Å²) in [4.78, 5) is 14.1. The molecular formula is C11H21N3O. The molecule has 3 aliphatic rings. The zero-order valence-corrected chi connectivity index (χ0v) is 9.41. The van der Waals surface area contributed by atoms with Crippen molar-refractivity contribution in [2.45, 2.75) is 38.3 Å². The molecule has 2 bridgehead atoms. The second-order valence-corrected chi connectivity index (χ2v) is 4.77. The van der Waals surface area contributed by atoms with Gasteiger partial charge >= 0.3 is 0 Å². The predicted molar refractivity (Wildman–Crippen MR) is 59.4 cm³/mol. The van der Waals surface area contributed by atoms with E-state index in [4.69, 9.17) is 5.73 Å². The van der Waals surface area contributed by atoms with Crippen molar-refractivity contribution in [3.63, 3.8) is 0 Å². The lowest BCUT2D eigenvalue weighted by atomic mass is 9.84. The number of piperidine rings is 3. The number of carbonyl (C=O) groups is 1. The molecule has 3 aliphatic heterocycles.